The molecule has 0 aliphatic heterocycles. The summed E-state index contributed by atoms with van der Waals surface area (Å²) in [5.74, 6) is -1.15. The molecule has 22 heavy (non-hydrogen) atoms. The van der Waals surface area contributed by atoms with E-state index in [1.807, 2.05) is 0 Å². The van der Waals surface area contributed by atoms with Crippen molar-refractivity contribution in [1.82, 2.24) is 0 Å². The molecule has 1 amide bonds. The monoisotopic (exact) mass is 425 g/mol. The fourth-order valence-electron chi connectivity index (χ4n) is 1.57. The van der Waals surface area contributed by atoms with Crippen molar-refractivity contribution in [3.8, 4) is 5.75 Å². The summed E-state index contributed by atoms with van der Waals surface area (Å²) in [6, 6.07) is 7.14. The fourth-order valence-corrected chi connectivity index (χ4v) is 2.82. The van der Waals surface area contributed by atoms with Crippen molar-refractivity contribution in [3.05, 3.63) is 55.7 Å². The number of amides is 1. The van der Waals surface area contributed by atoms with E-state index in [0.717, 1.165) is 0 Å². The van der Waals surface area contributed by atoms with Crippen LogP contribution < -0.4 is 10.1 Å². The van der Waals surface area contributed by atoms with Crippen molar-refractivity contribution in [2.45, 2.75) is 0 Å². The molecule has 3 nitrogen and oxygen atoms in total. The first-order valence-electron chi connectivity index (χ1n) is 5.89. The molecule has 1 N–H and O–H groups in total. The number of carbonyl (C=O) groups is 1. The second kappa shape index (κ2) is 7.51. The van der Waals surface area contributed by atoms with E-state index in [1.165, 1.54) is 24.3 Å². The van der Waals surface area contributed by atoms with Crippen LogP contribution in [0, 0.1) is 5.82 Å². The van der Waals surface area contributed by atoms with Gasteiger partial charge in [0.15, 0.2) is 18.2 Å². The Balaban J connectivity index is 2.02. The highest BCUT2D eigenvalue weighted by Gasteiger charge is 2.13. The van der Waals surface area contributed by atoms with E-state index in [-0.39, 0.29) is 21.5 Å². The summed E-state index contributed by atoms with van der Waals surface area (Å²) in [6.07, 6.45) is 0. The van der Waals surface area contributed by atoms with Crippen LogP contribution in [0.2, 0.25) is 15.1 Å². The maximum Gasteiger partial charge on any atom is 0.262 e. The zero-order valence-electron chi connectivity index (χ0n) is 10.8. The first kappa shape index (κ1) is 17.3. The van der Waals surface area contributed by atoms with E-state index in [1.54, 1.807) is 6.07 Å². The van der Waals surface area contributed by atoms with Gasteiger partial charge in [-0.3, -0.25) is 4.79 Å². The molecular formula is C14H8BrCl3FNO2. The summed E-state index contributed by atoms with van der Waals surface area (Å²) in [6.45, 7) is -0.395. The lowest BCUT2D eigenvalue weighted by molar-refractivity contribution is -0.118. The number of hydrogen-bond donors (Lipinski definition) is 1. The van der Waals surface area contributed by atoms with Gasteiger partial charge in [0, 0.05) is 9.50 Å². The molecule has 2 rings (SSSR count). The molecule has 116 valence electrons. The number of anilines is 1. The standard InChI is InChI=1S/C14H8BrCl3FNO2/c15-7-1-2-12(11(19)3-7)22-6-13(21)20-14-9(17)4-8(16)5-10(14)18/h1-5H,6H2,(H,20,21). The van der Waals surface area contributed by atoms with Gasteiger partial charge in [0.25, 0.3) is 5.91 Å². The topological polar surface area (TPSA) is 38.3 Å². The van der Waals surface area contributed by atoms with Crippen LogP contribution in [0.25, 0.3) is 0 Å². The molecule has 0 bridgehead atoms. The molecule has 0 aliphatic rings. The first-order chi connectivity index (χ1) is 10.4. The van der Waals surface area contributed by atoms with Crippen LogP contribution in [0.15, 0.2) is 34.8 Å². The number of ether oxygens (including phenoxy) is 1. The van der Waals surface area contributed by atoms with Crippen LogP contribution in [0.4, 0.5) is 10.1 Å². The molecule has 0 aromatic heterocycles. The lowest BCUT2D eigenvalue weighted by Crippen LogP contribution is -2.20. The van der Waals surface area contributed by atoms with Crippen LogP contribution in [0.3, 0.4) is 0 Å². The van der Waals surface area contributed by atoms with Crippen molar-refractivity contribution in [3.63, 3.8) is 0 Å². The second-order valence-corrected chi connectivity index (χ2v) is 6.32. The average Bonchev–Trinajstić information content (AvgIpc) is 2.42. The fraction of sp³-hybridized carbons (Fsp3) is 0.0714. The molecule has 8 heteroatoms. The third kappa shape index (κ3) is 4.49. The maximum absolute atomic E-state index is 13.6. The van der Waals surface area contributed by atoms with E-state index in [2.05, 4.69) is 21.2 Å². The van der Waals surface area contributed by atoms with Crippen molar-refractivity contribution in [2.24, 2.45) is 0 Å². The highest BCUT2D eigenvalue weighted by molar-refractivity contribution is 9.10. The molecule has 0 radical (unpaired) electrons. The Morgan fingerprint density at radius 1 is 1.18 bits per heavy atom. The molecule has 0 fully saturated rings. The summed E-state index contributed by atoms with van der Waals surface area (Å²) in [5, 5.41) is 3.23. The summed E-state index contributed by atoms with van der Waals surface area (Å²) in [4.78, 5) is 11.8. The Morgan fingerprint density at radius 2 is 1.82 bits per heavy atom. The number of rotatable bonds is 4. The minimum atomic E-state index is -0.579. The van der Waals surface area contributed by atoms with Gasteiger partial charge < -0.3 is 10.1 Å². The van der Waals surface area contributed by atoms with Gasteiger partial charge in [-0.1, -0.05) is 50.7 Å². The van der Waals surface area contributed by atoms with Crippen LogP contribution in [0.1, 0.15) is 0 Å². The first-order valence-corrected chi connectivity index (χ1v) is 7.82. The quantitative estimate of drug-likeness (QED) is 0.693. The Bertz CT molecular complexity index is 704. The molecule has 0 spiro atoms. The minimum absolute atomic E-state index is 0.0355. The summed E-state index contributed by atoms with van der Waals surface area (Å²) in [5.41, 5.74) is 0.220. The Kier molecular flexibility index (Phi) is 5.92. The van der Waals surface area contributed by atoms with Crippen LogP contribution in [0.5, 0.6) is 5.75 Å². The predicted octanol–water partition coefficient (Wildman–Crippen LogP) is 5.57. The number of nitrogens with one attached hydrogen (secondary N) is 1. The third-order valence-electron chi connectivity index (χ3n) is 2.52. The molecule has 0 aliphatic carbocycles. The zero-order chi connectivity index (χ0) is 16.3. The largest absolute Gasteiger partial charge is 0.481 e. The SMILES string of the molecule is O=C(COc1ccc(Br)cc1F)Nc1c(Cl)cc(Cl)cc1Cl. The molecular weight excluding hydrogens is 419 g/mol. The number of halogens is 5. The number of benzene rings is 2. The summed E-state index contributed by atoms with van der Waals surface area (Å²) in [7, 11) is 0. The minimum Gasteiger partial charge on any atom is -0.481 e. The number of hydrogen-bond acceptors (Lipinski definition) is 2. The van der Waals surface area contributed by atoms with Gasteiger partial charge in [-0.2, -0.15) is 0 Å². The van der Waals surface area contributed by atoms with E-state index < -0.39 is 18.3 Å². The molecule has 2 aromatic carbocycles. The van der Waals surface area contributed by atoms with Gasteiger partial charge in [-0.15, -0.1) is 0 Å². The molecule has 0 atom stereocenters. The zero-order valence-corrected chi connectivity index (χ0v) is 14.7. The van der Waals surface area contributed by atoms with Crippen molar-refractivity contribution < 1.29 is 13.9 Å². The average molecular weight is 427 g/mol. The van der Waals surface area contributed by atoms with Gasteiger partial charge in [0.1, 0.15) is 0 Å². The predicted molar refractivity (Wildman–Crippen MR) is 89.7 cm³/mol. The lowest BCUT2D eigenvalue weighted by Gasteiger charge is -2.11. The maximum atomic E-state index is 13.6. The van der Waals surface area contributed by atoms with E-state index >= 15 is 0 Å². The smallest absolute Gasteiger partial charge is 0.262 e. The van der Waals surface area contributed by atoms with Crippen LogP contribution in [-0.2, 0) is 4.79 Å². The Morgan fingerprint density at radius 3 is 2.41 bits per heavy atom. The molecule has 0 heterocycles. The molecule has 0 saturated carbocycles. The van der Waals surface area contributed by atoms with Crippen molar-refractivity contribution in [1.29, 1.82) is 0 Å². The van der Waals surface area contributed by atoms with Gasteiger partial charge >= 0.3 is 0 Å². The normalized spacial score (nSPS) is 10.4. The lowest BCUT2D eigenvalue weighted by atomic mass is 10.3. The number of carbonyl (C=O) groups excluding carboxylic acids is 1. The van der Waals surface area contributed by atoms with Gasteiger partial charge in [0.2, 0.25) is 0 Å². The highest BCUT2D eigenvalue weighted by atomic mass is 79.9. The van der Waals surface area contributed by atoms with Crippen molar-refractivity contribution >= 4 is 62.3 Å². The Hall–Kier alpha value is -1.01. The van der Waals surface area contributed by atoms with E-state index in [0.29, 0.717) is 9.50 Å². The van der Waals surface area contributed by atoms with Gasteiger partial charge in [-0.25, -0.2) is 4.39 Å². The van der Waals surface area contributed by atoms with E-state index in [9.17, 15) is 9.18 Å². The summed E-state index contributed by atoms with van der Waals surface area (Å²) < 4.78 is 19.2. The van der Waals surface area contributed by atoms with Crippen LogP contribution in [-0.4, -0.2) is 12.5 Å². The molecule has 0 saturated heterocycles. The van der Waals surface area contributed by atoms with Gasteiger partial charge in [-0.05, 0) is 30.3 Å². The van der Waals surface area contributed by atoms with Crippen LogP contribution >= 0.6 is 50.7 Å². The van der Waals surface area contributed by atoms with E-state index in [4.69, 9.17) is 39.5 Å². The van der Waals surface area contributed by atoms with Crippen molar-refractivity contribution in [2.75, 3.05) is 11.9 Å². The summed E-state index contributed by atoms with van der Waals surface area (Å²) >= 11 is 20.8. The van der Waals surface area contributed by atoms with Gasteiger partial charge in [0.05, 0.1) is 15.7 Å². The Labute approximate surface area is 149 Å². The second-order valence-electron chi connectivity index (χ2n) is 4.16. The molecule has 2 aromatic rings. The highest BCUT2D eigenvalue weighted by Crippen LogP contribution is 2.33. The molecule has 0 unspecified atom stereocenters. The third-order valence-corrected chi connectivity index (χ3v) is 3.83.